The largest absolute Gasteiger partial charge is 0.506 e. The lowest BCUT2D eigenvalue weighted by molar-refractivity contribution is 0.463. The van der Waals surface area contributed by atoms with Crippen molar-refractivity contribution in [3.63, 3.8) is 0 Å². The van der Waals surface area contributed by atoms with Crippen molar-refractivity contribution in [2.45, 2.75) is 19.3 Å². The van der Waals surface area contributed by atoms with Crippen LogP contribution in [-0.4, -0.2) is 10.1 Å². The van der Waals surface area contributed by atoms with Crippen LogP contribution in [0.5, 0.6) is 5.75 Å². The van der Waals surface area contributed by atoms with Gasteiger partial charge in [0.25, 0.3) is 0 Å². The van der Waals surface area contributed by atoms with Crippen molar-refractivity contribution in [1.29, 1.82) is 0 Å². The van der Waals surface area contributed by atoms with Gasteiger partial charge in [-0.2, -0.15) is 0 Å². The third-order valence-electron chi connectivity index (χ3n) is 3.01. The van der Waals surface area contributed by atoms with Crippen LogP contribution in [0.15, 0.2) is 24.3 Å². The summed E-state index contributed by atoms with van der Waals surface area (Å²) < 4.78 is 13.0. The number of nitrogens with zero attached hydrogens (tertiary/aromatic N) is 1. The Morgan fingerprint density at radius 1 is 1.31 bits per heavy atom. The molecule has 0 saturated heterocycles. The maximum atomic E-state index is 13.0. The molecular formula is C13H12FNO. The normalized spacial score (nSPS) is 15.6. The number of pyridine rings is 1. The molecule has 1 fully saturated rings. The van der Waals surface area contributed by atoms with Gasteiger partial charge in [-0.05, 0) is 43.4 Å². The first-order valence-corrected chi connectivity index (χ1v) is 5.50. The van der Waals surface area contributed by atoms with Crippen LogP contribution in [0.3, 0.4) is 0 Å². The Kier molecular flexibility index (Phi) is 2.06. The maximum Gasteiger partial charge on any atom is 0.137 e. The molecule has 1 aliphatic carbocycles. The Labute approximate surface area is 92.7 Å². The SMILES string of the molecule is Oc1cc2ccc(F)cc2nc1CC1CC1. The fourth-order valence-corrected chi connectivity index (χ4v) is 1.91. The van der Waals surface area contributed by atoms with Crippen LogP contribution in [0, 0.1) is 11.7 Å². The zero-order valence-electron chi connectivity index (χ0n) is 8.78. The second-order valence-corrected chi connectivity index (χ2v) is 4.44. The third-order valence-corrected chi connectivity index (χ3v) is 3.01. The molecule has 2 nitrogen and oxygen atoms in total. The summed E-state index contributed by atoms with van der Waals surface area (Å²) in [7, 11) is 0. The molecule has 1 aliphatic rings. The number of aromatic nitrogens is 1. The summed E-state index contributed by atoms with van der Waals surface area (Å²) in [4.78, 5) is 4.33. The van der Waals surface area contributed by atoms with E-state index in [1.165, 1.54) is 25.0 Å². The lowest BCUT2D eigenvalue weighted by Gasteiger charge is -2.05. The van der Waals surface area contributed by atoms with Crippen LogP contribution in [0.4, 0.5) is 4.39 Å². The van der Waals surface area contributed by atoms with E-state index in [2.05, 4.69) is 4.98 Å². The smallest absolute Gasteiger partial charge is 0.137 e. The fraction of sp³-hybridized carbons (Fsp3) is 0.308. The van der Waals surface area contributed by atoms with Crippen LogP contribution in [0.25, 0.3) is 10.9 Å². The standard InChI is InChI=1S/C13H12FNO/c14-10-4-3-9-6-13(16)12(5-8-1-2-8)15-11(9)7-10/h3-4,6-8,16H,1-2,5H2. The molecular weight excluding hydrogens is 205 g/mol. The molecule has 0 spiro atoms. The van der Waals surface area contributed by atoms with E-state index in [0.29, 0.717) is 17.1 Å². The molecule has 3 rings (SSSR count). The minimum absolute atomic E-state index is 0.228. The molecule has 1 N–H and O–H groups in total. The number of hydrogen-bond donors (Lipinski definition) is 1. The van der Waals surface area contributed by atoms with Gasteiger partial charge in [0.05, 0.1) is 11.2 Å². The van der Waals surface area contributed by atoms with Gasteiger partial charge < -0.3 is 5.11 Å². The molecule has 1 aromatic carbocycles. The van der Waals surface area contributed by atoms with E-state index in [4.69, 9.17) is 0 Å². The monoisotopic (exact) mass is 217 g/mol. The Balaban J connectivity index is 2.10. The second-order valence-electron chi connectivity index (χ2n) is 4.44. The van der Waals surface area contributed by atoms with Gasteiger partial charge in [0.15, 0.2) is 0 Å². The molecule has 1 aromatic heterocycles. The van der Waals surface area contributed by atoms with Crippen molar-refractivity contribution in [3.05, 3.63) is 35.8 Å². The van der Waals surface area contributed by atoms with E-state index in [-0.39, 0.29) is 11.6 Å². The minimum atomic E-state index is -0.289. The average molecular weight is 217 g/mol. The average Bonchev–Trinajstić information content (AvgIpc) is 3.04. The summed E-state index contributed by atoms with van der Waals surface area (Å²) in [5.74, 6) is 0.596. The molecule has 16 heavy (non-hydrogen) atoms. The first kappa shape index (κ1) is 9.58. The number of benzene rings is 1. The molecule has 0 unspecified atom stereocenters. The number of halogens is 1. The highest BCUT2D eigenvalue weighted by Crippen LogP contribution is 2.35. The molecule has 0 radical (unpaired) electrons. The summed E-state index contributed by atoms with van der Waals surface area (Å²) >= 11 is 0. The van der Waals surface area contributed by atoms with Crippen molar-refractivity contribution < 1.29 is 9.50 Å². The molecule has 2 aromatic rings. The molecule has 0 bridgehead atoms. The van der Waals surface area contributed by atoms with Gasteiger partial charge in [-0.25, -0.2) is 9.37 Å². The summed E-state index contributed by atoms with van der Waals surface area (Å²) in [5, 5.41) is 10.6. The Hall–Kier alpha value is -1.64. The van der Waals surface area contributed by atoms with Gasteiger partial charge in [-0.1, -0.05) is 0 Å². The molecule has 0 atom stereocenters. The Morgan fingerprint density at radius 3 is 2.88 bits per heavy atom. The lowest BCUT2D eigenvalue weighted by atomic mass is 10.1. The van der Waals surface area contributed by atoms with Crippen molar-refractivity contribution in [1.82, 2.24) is 4.98 Å². The molecule has 82 valence electrons. The van der Waals surface area contributed by atoms with E-state index in [1.807, 2.05) is 0 Å². The molecule has 0 amide bonds. The Bertz CT molecular complexity index is 549. The zero-order chi connectivity index (χ0) is 11.1. The number of rotatable bonds is 2. The van der Waals surface area contributed by atoms with Crippen molar-refractivity contribution in [2.75, 3.05) is 0 Å². The molecule has 0 aliphatic heterocycles. The quantitative estimate of drug-likeness (QED) is 0.838. The van der Waals surface area contributed by atoms with Gasteiger partial charge >= 0.3 is 0 Å². The van der Waals surface area contributed by atoms with Gasteiger partial charge in [0, 0.05) is 11.5 Å². The van der Waals surface area contributed by atoms with Crippen LogP contribution in [0.1, 0.15) is 18.5 Å². The lowest BCUT2D eigenvalue weighted by Crippen LogP contribution is -1.94. The zero-order valence-corrected chi connectivity index (χ0v) is 8.78. The van der Waals surface area contributed by atoms with Crippen molar-refractivity contribution in [2.24, 2.45) is 5.92 Å². The van der Waals surface area contributed by atoms with E-state index in [1.54, 1.807) is 12.1 Å². The predicted molar refractivity (Wildman–Crippen MR) is 59.8 cm³/mol. The van der Waals surface area contributed by atoms with Crippen LogP contribution < -0.4 is 0 Å². The van der Waals surface area contributed by atoms with Crippen LogP contribution in [0.2, 0.25) is 0 Å². The predicted octanol–water partition coefficient (Wildman–Crippen LogP) is 3.03. The van der Waals surface area contributed by atoms with E-state index >= 15 is 0 Å². The van der Waals surface area contributed by atoms with Gasteiger partial charge in [-0.3, -0.25) is 0 Å². The molecule has 1 saturated carbocycles. The Morgan fingerprint density at radius 2 is 2.12 bits per heavy atom. The van der Waals surface area contributed by atoms with E-state index in [0.717, 1.165) is 11.8 Å². The highest BCUT2D eigenvalue weighted by molar-refractivity contribution is 5.80. The van der Waals surface area contributed by atoms with Gasteiger partial charge in [-0.15, -0.1) is 0 Å². The van der Waals surface area contributed by atoms with Crippen molar-refractivity contribution in [3.8, 4) is 5.75 Å². The summed E-state index contributed by atoms with van der Waals surface area (Å²) in [6.07, 6.45) is 3.23. The summed E-state index contributed by atoms with van der Waals surface area (Å²) in [6.45, 7) is 0. The maximum absolute atomic E-state index is 13.0. The molecule has 3 heteroatoms. The second kappa shape index (κ2) is 3.44. The minimum Gasteiger partial charge on any atom is -0.506 e. The first-order valence-electron chi connectivity index (χ1n) is 5.50. The first-order chi connectivity index (χ1) is 7.72. The van der Waals surface area contributed by atoms with Crippen LogP contribution >= 0.6 is 0 Å². The van der Waals surface area contributed by atoms with Gasteiger partial charge in [0.2, 0.25) is 0 Å². The van der Waals surface area contributed by atoms with Crippen LogP contribution in [-0.2, 0) is 6.42 Å². The summed E-state index contributed by atoms with van der Waals surface area (Å²) in [5.41, 5.74) is 1.31. The number of aromatic hydroxyl groups is 1. The third kappa shape index (κ3) is 1.73. The summed E-state index contributed by atoms with van der Waals surface area (Å²) in [6, 6.07) is 6.09. The van der Waals surface area contributed by atoms with Crippen molar-refractivity contribution >= 4 is 10.9 Å². The number of fused-ring (bicyclic) bond motifs is 1. The van der Waals surface area contributed by atoms with E-state index in [9.17, 15) is 9.50 Å². The molecule has 1 heterocycles. The fourth-order valence-electron chi connectivity index (χ4n) is 1.91. The highest BCUT2D eigenvalue weighted by Gasteiger charge is 2.23. The number of hydrogen-bond acceptors (Lipinski definition) is 2. The van der Waals surface area contributed by atoms with Gasteiger partial charge in [0.1, 0.15) is 11.6 Å². The van der Waals surface area contributed by atoms with E-state index < -0.39 is 0 Å². The topological polar surface area (TPSA) is 33.1 Å². The highest BCUT2D eigenvalue weighted by atomic mass is 19.1.